The van der Waals surface area contributed by atoms with E-state index in [2.05, 4.69) is 20.5 Å². The first-order valence-corrected chi connectivity index (χ1v) is 9.46. The zero-order valence-electron chi connectivity index (χ0n) is 15.8. The van der Waals surface area contributed by atoms with Gasteiger partial charge in [-0.1, -0.05) is 0 Å². The second-order valence-corrected chi connectivity index (χ2v) is 6.84. The van der Waals surface area contributed by atoms with E-state index in [4.69, 9.17) is 9.47 Å². The van der Waals surface area contributed by atoms with Crippen molar-refractivity contribution < 1.29 is 19.1 Å². The van der Waals surface area contributed by atoms with Gasteiger partial charge in [0.05, 0.1) is 25.3 Å². The van der Waals surface area contributed by atoms with E-state index in [1.807, 2.05) is 12.3 Å². The van der Waals surface area contributed by atoms with Gasteiger partial charge in [-0.05, 0) is 42.8 Å². The van der Waals surface area contributed by atoms with Crippen molar-refractivity contribution >= 4 is 29.4 Å². The number of aryl methyl sites for hydroxylation is 1. The maximum atomic E-state index is 12.2. The van der Waals surface area contributed by atoms with Crippen molar-refractivity contribution in [3.63, 3.8) is 0 Å². The van der Waals surface area contributed by atoms with Gasteiger partial charge in [-0.15, -0.1) is 11.3 Å². The average Bonchev–Trinajstić information content (AvgIpc) is 3.14. The second-order valence-electron chi connectivity index (χ2n) is 5.89. The molecule has 0 fully saturated rings. The number of ether oxygens (including phenoxy) is 2. The fourth-order valence-corrected chi connectivity index (χ4v) is 3.10. The largest absolute Gasteiger partial charge is 0.493 e. The molecule has 0 bridgehead atoms. The van der Waals surface area contributed by atoms with Gasteiger partial charge in [-0.2, -0.15) is 5.10 Å². The van der Waals surface area contributed by atoms with Gasteiger partial charge < -0.3 is 9.47 Å². The van der Waals surface area contributed by atoms with Crippen molar-refractivity contribution in [2.75, 3.05) is 7.11 Å². The van der Waals surface area contributed by atoms with E-state index in [1.165, 1.54) is 30.9 Å². The van der Waals surface area contributed by atoms with Gasteiger partial charge in [-0.3, -0.25) is 9.78 Å². The van der Waals surface area contributed by atoms with Gasteiger partial charge in [0.2, 0.25) is 5.91 Å². The predicted octanol–water partition coefficient (Wildman–Crippen LogP) is 2.77. The molecule has 3 rings (SSSR count). The molecule has 8 nitrogen and oxygen atoms in total. The molecule has 0 aliphatic carbocycles. The van der Waals surface area contributed by atoms with E-state index in [1.54, 1.807) is 36.5 Å². The van der Waals surface area contributed by atoms with Crippen LogP contribution in [-0.4, -0.2) is 35.2 Å². The lowest BCUT2D eigenvalue weighted by molar-refractivity contribution is -0.120. The van der Waals surface area contributed by atoms with Gasteiger partial charge in [0, 0.05) is 23.5 Å². The summed E-state index contributed by atoms with van der Waals surface area (Å²) in [6, 6.07) is 8.18. The fraction of sp³-hybridized carbons (Fsp3) is 0.150. The van der Waals surface area contributed by atoms with Crippen molar-refractivity contribution in [1.82, 2.24) is 15.4 Å². The number of hydrazone groups is 1. The number of pyridine rings is 1. The molecule has 0 unspecified atom stereocenters. The Morgan fingerprint density at radius 1 is 1.28 bits per heavy atom. The van der Waals surface area contributed by atoms with Crippen molar-refractivity contribution in [3.05, 3.63) is 69.9 Å². The summed E-state index contributed by atoms with van der Waals surface area (Å²) in [6.45, 7) is 1.88. The maximum Gasteiger partial charge on any atom is 0.345 e. The number of thiazole rings is 1. The van der Waals surface area contributed by atoms with Crippen LogP contribution in [0.1, 0.15) is 26.6 Å². The maximum absolute atomic E-state index is 12.2. The van der Waals surface area contributed by atoms with Crippen LogP contribution in [0.4, 0.5) is 0 Å². The number of nitrogens with zero attached hydrogens (tertiary/aromatic N) is 3. The van der Waals surface area contributed by atoms with Crippen LogP contribution in [0.15, 0.2) is 53.2 Å². The number of carbonyl (C=O) groups excluding carboxylic acids is 2. The highest BCUT2D eigenvalue weighted by Crippen LogP contribution is 2.28. The van der Waals surface area contributed by atoms with Crippen LogP contribution < -0.4 is 14.9 Å². The first-order valence-electron chi connectivity index (χ1n) is 8.58. The molecule has 3 aromatic rings. The van der Waals surface area contributed by atoms with E-state index < -0.39 is 5.97 Å². The second kappa shape index (κ2) is 9.56. The molecule has 0 aliphatic rings. The van der Waals surface area contributed by atoms with Crippen molar-refractivity contribution in [2.24, 2.45) is 5.10 Å². The Morgan fingerprint density at radius 2 is 2.14 bits per heavy atom. The number of carbonyl (C=O) groups is 2. The molecule has 9 heteroatoms. The minimum atomic E-state index is -0.539. The molecular formula is C20H18N4O4S. The molecule has 0 aliphatic heterocycles. The van der Waals surface area contributed by atoms with Gasteiger partial charge in [0.25, 0.3) is 0 Å². The monoisotopic (exact) mass is 410 g/mol. The van der Waals surface area contributed by atoms with E-state index in [-0.39, 0.29) is 18.1 Å². The summed E-state index contributed by atoms with van der Waals surface area (Å²) >= 11 is 1.43. The fourth-order valence-electron chi connectivity index (χ4n) is 2.33. The first-order chi connectivity index (χ1) is 14.0. The summed E-state index contributed by atoms with van der Waals surface area (Å²) in [6.07, 6.45) is 4.64. The molecule has 1 N–H and O–H groups in total. The van der Waals surface area contributed by atoms with E-state index >= 15 is 0 Å². The number of amides is 1. The van der Waals surface area contributed by atoms with Crippen molar-refractivity contribution in [1.29, 1.82) is 0 Å². The quantitative estimate of drug-likeness (QED) is 0.278. The van der Waals surface area contributed by atoms with E-state index in [0.29, 0.717) is 16.9 Å². The normalized spacial score (nSPS) is 10.7. The van der Waals surface area contributed by atoms with Crippen LogP contribution in [0.2, 0.25) is 0 Å². The molecule has 0 spiro atoms. The standard InChI is InChI=1S/C20H18N4O4S/c1-13-12-29-19(23-13)9-18(25)24-22-10-14-5-6-16(17(8-14)27-2)28-20(26)15-4-3-7-21-11-15/h3-8,10-12H,9H2,1-2H3,(H,24,25)/b22-10-. The summed E-state index contributed by atoms with van der Waals surface area (Å²) in [5, 5.41) is 6.56. The number of aromatic nitrogens is 2. The van der Waals surface area contributed by atoms with Crippen molar-refractivity contribution in [3.8, 4) is 11.5 Å². The Balaban J connectivity index is 1.61. The van der Waals surface area contributed by atoms with E-state index in [0.717, 1.165) is 10.7 Å². The lowest BCUT2D eigenvalue weighted by Gasteiger charge is -2.09. The number of nitrogens with one attached hydrogen (secondary N) is 1. The van der Waals surface area contributed by atoms with Gasteiger partial charge in [-0.25, -0.2) is 15.2 Å². The Labute approximate surface area is 171 Å². The van der Waals surface area contributed by atoms with E-state index in [9.17, 15) is 9.59 Å². The molecule has 1 amide bonds. The summed E-state index contributed by atoms with van der Waals surface area (Å²) in [5.74, 6) is -0.176. The SMILES string of the molecule is COc1cc(/C=N\NC(=O)Cc2nc(C)cs2)ccc1OC(=O)c1cccnc1. The van der Waals surface area contributed by atoms with Gasteiger partial charge >= 0.3 is 5.97 Å². The Hall–Kier alpha value is -3.59. The molecule has 0 radical (unpaired) electrons. The van der Waals surface area contributed by atoms with Gasteiger partial charge in [0.1, 0.15) is 5.01 Å². The minimum absolute atomic E-state index is 0.169. The minimum Gasteiger partial charge on any atom is -0.493 e. The number of hydrogen-bond donors (Lipinski definition) is 1. The Kier molecular flexibility index (Phi) is 6.64. The summed E-state index contributed by atoms with van der Waals surface area (Å²) in [7, 11) is 1.47. The highest BCUT2D eigenvalue weighted by atomic mass is 32.1. The summed E-state index contributed by atoms with van der Waals surface area (Å²) < 4.78 is 10.6. The summed E-state index contributed by atoms with van der Waals surface area (Å²) in [5.41, 5.74) is 4.34. The lowest BCUT2D eigenvalue weighted by Crippen LogP contribution is -2.19. The number of rotatable bonds is 7. The topological polar surface area (TPSA) is 103 Å². The van der Waals surface area contributed by atoms with Crippen LogP contribution in [0.5, 0.6) is 11.5 Å². The molecule has 29 heavy (non-hydrogen) atoms. The molecular weight excluding hydrogens is 392 g/mol. The zero-order valence-corrected chi connectivity index (χ0v) is 16.6. The molecule has 0 saturated heterocycles. The van der Waals surface area contributed by atoms with Crippen LogP contribution >= 0.6 is 11.3 Å². The molecule has 148 valence electrons. The zero-order chi connectivity index (χ0) is 20.6. The first kappa shape index (κ1) is 20.2. The molecule has 2 aromatic heterocycles. The number of methoxy groups -OCH3 is 1. The molecule has 0 atom stereocenters. The smallest absolute Gasteiger partial charge is 0.345 e. The predicted molar refractivity (Wildman–Crippen MR) is 108 cm³/mol. The van der Waals surface area contributed by atoms with Crippen LogP contribution in [0.3, 0.4) is 0 Å². The van der Waals surface area contributed by atoms with Crippen LogP contribution in [0, 0.1) is 6.92 Å². The molecule has 1 aromatic carbocycles. The Bertz CT molecular complexity index is 1030. The third-order valence-electron chi connectivity index (χ3n) is 3.67. The number of benzene rings is 1. The van der Waals surface area contributed by atoms with Crippen LogP contribution in [-0.2, 0) is 11.2 Å². The Morgan fingerprint density at radius 3 is 2.83 bits per heavy atom. The van der Waals surface area contributed by atoms with Gasteiger partial charge in [0.15, 0.2) is 11.5 Å². The van der Waals surface area contributed by atoms with Crippen molar-refractivity contribution in [2.45, 2.75) is 13.3 Å². The summed E-state index contributed by atoms with van der Waals surface area (Å²) in [4.78, 5) is 32.2. The molecule has 0 saturated carbocycles. The number of hydrogen-bond acceptors (Lipinski definition) is 8. The molecule has 2 heterocycles. The highest BCUT2D eigenvalue weighted by molar-refractivity contribution is 7.09. The third-order valence-corrected chi connectivity index (χ3v) is 4.64. The third kappa shape index (κ3) is 5.69. The van der Waals surface area contributed by atoms with Crippen LogP contribution in [0.25, 0.3) is 0 Å². The lowest BCUT2D eigenvalue weighted by atomic mass is 10.2. The average molecular weight is 410 g/mol. The number of esters is 1. The highest BCUT2D eigenvalue weighted by Gasteiger charge is 2.13.